The number of hydrogen-bond donors (Lipinski definition) is 1. The average molecular weight is 266 g/mol. The highest BCUT2D eigenvalue weighted by atomic mass is 19.2. The number of methoxy groups -OCH3 is 1. The normalized spacial score (nSPS) is 10.7. The molecule has 2 aromatic rings. The first-order chi connectivity index (χ1) is 9.06. The Morgan fingerprint density at radius 1 is 1.21 bits per heavy atom. The zero-order valence-corrected chi connectivity index (χ0v) is 10.2. The Labute approximate surface area is 108 Å². The molecule has 1 N–H and O–H groups in total. The van der Waals surface area contributed by atoms with Gasteiger partial charge < -0.3 is 9.84 Å². The van der Waals surface area contributed by atoms with E-state index in [-0.39, 0.29) is 24.2 Å². The number of benzene rings is 2. The van der Waals surface area contributed by atoms with Crippen molar-refractivity contribution in [2.45, 2.75) is 12.8 Å². The van der Waals surface area contributed by atoms with Crippen LogP contribution in [0, 0.1) is 11.6 Å². The Morgan fingerprint density at radius 3 is 2.42 bits per heavy atom. The number of carboxylic acid groups (broad SMARTS) is 1. The van der Waals surface area contributed by atoms with Gasteiger partial charge in [0.25, 0.3) is 0 Å². The van der Waals surface area contributed by atoms with E-state index in [1.54, 1.807) is 24.3 Å². The molecule has 3 nitrogen and oxygen atoms in total. The summed E-state index contributed by atoms with van der Waals surface area (Å²) < 4.78 is 32.7. The first kappa shape index (κ1) is 13.3. The largest absolute Gasteiger partial charge is 0.493 e. The number of ether oxygens (including phenoxy) is 1. The molecule has 0 aliphatic heterocycles. The third-order valence-corrected chi connectivity index (χ3v) is 2.95. The van der Waals surface area contributed by atoms with Crippen LogP contribution in [0.5, 0.6) is 5.75 Å². The van der Waals surface area contributed by atoms with Gasteiger partial charge in [0.1, 0.15) is 0 Å². The highest BCUT2D eigenvalue weighted by Crippen LogP contribution is 2.34. The van der Waals surface area contributed by atoms with Crippen LogP contribution < -0.4 is 4.74 Å². The maximum absolute atomic E-state index is 14.0. The molecule has 2 rings (SSSR count). The molecule has 0 aromatic heterocycles. The van der Waals surface area contributed by atoms with Crippen molar-refractivity contribution in [1.82, 2.24) is 0 Å². The summed E-state index contributed by atoms with van der Waals surface area (Å²) in [6.45, 7) is 0. The molecule has 0 atom stereocenters. The van der Waals surface area contributed by atoms with E-state index >= 15 is 0 Å². The van der Waals surface area contributed by atoms with Crippen LogP contribution in [-0.2, 0) is 11.2 Å². The van der Waals surface area contributed by atoms with E-state index in [9.17, 15) is 13.6 Å². The Morgan fingerprint density at radius 2 is 1.84 bits per heavy atom. The molecular formula is C14H12F2O3. The average Bonchev–Trinajstić information content (AvgIpc) is 2.39. The summed E-state index contributed by atoms with van der Waals surface area (Å²) in [6.07, 6.45) is -0.324. The van der Waals surface area contributed by atoms with Crippen LogP contribution >= 0.6 is 0 Å². The van der Waals surface area contributed by atoms with Gasteiger partial charge in [-0.15, -0.1) is 0 Å². The number of halogens is 2. The lowest BCUT2D eigenvalue weighted by atomic mass is 9.99. The fraction of sp³-hybridized carbons (Fsp3) is 0.214. The Balaban J connectivity index is 2.68. The summed E-state index contributed by atoms with van der Waals surface area (Å²) in [5.41, 5.74) is 0.0660. The van der Waals surface area contributed by atoms with Gasteiger partial charge in [0.05, 0.1) is 7.11 Å². The van der Waals surface area contributed by atoms with Crippen LogP contribution in [0.3, 0.4) is 0 Å². The quantitative estimate of drug-likeness (QED) is 0.924. The zero-order valence-electron chi connectivity index (χ0n) is 10.2. The van der Waals surface area contributed by atoms with Crippen molar-refractivity contribution < 1.29 is 23.4 Å². The van der Waals surface area contributed by atoms with E-state index in [2.05, 4.69) is 0 Å². The van der Waals surface area contributed by atoms with Crippen LogP contribution in [0.4, 0.5) is 8.78 Å². The van der Waals surface area contributed by atoms with Gasteiger partial charge in [-0.2, -0.15) is 4.39 Å². The van der Waals surface area contributed by atoms with Crippen LogP contribution in [0.15, 0.2) is 24.3 Å². The fourth-order valence-corrected chi connectivity index (χ4v) is 2.09. The second-order valence-electron chi connectivity index (χ2n) is 4.08. The molecule has 5 heteroatoms. The molecular weight excluding hydrogens is 254 g/mol. The van der Waals surface area contributed by atoms with Crippen molar-refractivity contribution in [3.05, 3.63) is 41.5 Å². The predicted molar refractivity (Wildman–Crippen MR) is 66.4 cm³/mol. The van der Waals surface area contributed by atoms with Crippen molar-refractivity contribution in [2.24, 2.45) is 0 Å². The van der Waals surface area contributed by atoms with E-state index in [0.29, 0.717) is 10.8 Å². The molecule has 0 bridgehead atoms. The number of fused-ring (bicyclic) bond motifs is 1. The maximum Gasteiger partial charge on any atom is 0.303 e. The van der Waals surface area contributed by atoms with Gasteiger partial charge in [-0.1, -0.05) is 24.3 Å². The summed E-state index contributed by atoms with van der Waals surface area (Å²) in [7, 11) is 1.27. The van der Waals surface area contributed by atoms with Crippen molar-refractivity contribution in [1.29, 1.82) is 0 Å². The number of carboxylic acids is 1. The fourth-order valence-electron chi connectivity index (χ4n) is 2.09. The van der Waals surface area contributed by atoms with E-state index in [1.165, 1.54) is 7.11 Å². The van der Waals surface area contributed by atoms with E-state index < -0.39 is 17.6 Å². The maximum atomic E-state index is 14.0. The van der Waals surface area contributed by atoms with Crippen molar-refractivity contribution >= 4 is 16.7 Å². The predicted octanol–water partition coefficient (Wildman–Crippen LogP) is 3.14. The van der Waals surface area contributed by atoms with Gasteiger partial charge in [0, 0.05) is 11.8 Å². The van der Waals surface area contributed by atoms with Gasteiger partial charge in [-0.05, 0) is 17.4 Å². The third-order valence-electron chi connectivity index (χ3n) is 2.95. The van der Waals surface area contributed by atoms with Crippen LogP contribution in [0.25, 0.3) is 10.8 Å². The van der Waals surface area contributed by atoms with Crippen LogP contribution in [0.2, 0.25) is 0 Å². The number of aryl methyl sites for hydroxylation is 1. The van der Waals surface area contributed by atoms with Gasteiger partial charge >= 0.3 is 5.97 Å². The van der Waals surface area contributed by atoms with Crippen molar-refractivity contribution in [3.8, 4) is 5.75 Å². The van der Waals surface area contributed by atoms with E-state index in [0.717, 1.165) is 0 Å². The molecule has 0 saturated heterocycles. The van der Waals surface area contributed by atoms with Crippen LogP contribution in [-0.4, -0.2) is 18.2 Å². The lowest BCUT2D eigenvalue weighted by molar-refractivity contribution is -0.136. The smallest absolute Gasteiger partial charge is 0.303 e. The Kier molecular flexibility index (Phi) is 3.64. The highest BCUT2D eigenvalue weighted by Gasteiger charge is 2.20. The first-order valence-electron chi connectivity index (χ1n) is 5.70. The molecule has 0 fully saturated rings. The minimum absolute atomic E-state index is 0.0660. The molecule has 0 heterocycles. The molecule has 0 unspecified atom stereocenters. The van der Waals surface area contributed by atoms with Crippen LogP contribution in [0.1, 0.15) is 12.0 Å². The molecule has 0 aliphatic rings. The molecule has 2 aromatic carbocycles. The van der Waals surface area contributed by atoms with E-state index in [1.807, 2.05) is 0 Å². The number of carbonyl (C=O) groups is 1. The topological polar surface area (TPSA) is 46.5 Å². The molecule has 0 amide bonds. The van der Waals surface area contributed by atoms with Gasteiger partial charge in [0.2, 0.25) is 5.82 Å². The molecule has 100 valence electrons. The lowest BCUT2D eigenvalue weighted by Gasteiger charge is -2.12. The molecule has 0 radical (unpaired) electrons. The summed E-state index contributed by atoms with van der Waals surface area (Å²) in [5, 5.41) is 9.57. The van der Waals surface area contributed by atoms with Gasteiger partial charge in [-0.25, -0.2) is 4.39 Å². The second kappa shape index (κ2) is 5.22. The standard InChI is InChI=1S/C14H12F2O3/c1-19-14-10-5-3-2-4-8(10)9(6-7-11(17)18)12(15)13(14)16/h2-5H,6-7H2,1H3,(H,17,18). The van der Waals surface area contributed by atoms with Gasteiger partial charge in [-0.3, -0.25) is 4.79 Å². The Hall–Kier alpha value is -2.17. The minimum Gasteiger partial charge on any atom is -0.493 e. The molecule has 0 saturated carbocycles. The number of aliphatic carboxylic acids is 1. The minimum atomic E-state index is -1.08. The van der Waals surface area contributed by atoms with Crippen molar-refractivity contribution in [3.63, 3.8) is 0 Å². The summed E-state index contributed by atoms with van der Waals surface area (Å²) >= 11 is 0. The summed E-state index contributed by atoms with van der Waals surface area (Å²) in [5.74, 6) is -3.34. The zero-order chi connectivity index (χ0) is 14.0. The monoisotopic (exact) mass is 266 g/mol. The number of rotatable bonds is 4. The molecule has 0 spiro atoms. The Bertz CT molecular complexity index is 638. The first-order valence-corrected chi connectivity index (χ1v) is 5.70. The molecule has 0 aliphatic carbocycles. The van der Waals surface area contributed by atoms with Crippen molar-refractivity contribution in [2.75, 3.05) is 7.11 Å². The van der Waals surface area contributed by atoms with E-state index in [4.69, 9.17) is 9.84 Å². The number of hydrogen-bond acceptors (Lipinski definition) is 2. The summed E-state index contributed by atoms with van der Waals surface area (Å²) in [6, 6.07) is 6.60. The van der Waals surface area contributed by atoms with Gasteiger partial charge in [0.15, 0.2) is 11.6 Å². The third kappa shape index (κ3) is 2.36. The SMILES string of the molecule is COc1c(F)c(F)c(CCC(=O)O)c2ccccc12. The highest BCUT2D eigenvalue weighted by molar-refractivity contribution is 5.91. The summed E-state index contributed by atoms with van der Waals surface area (Å²) in [4.78, 5) is 10.6. The second-order valence-corrected chi connectivity index (χ2v) is 4.08. The molecule has 19 heavy (non-hydrogen) atoms. The lowest BCUT2D eigenvalue weighted by Crippen LogP contribution is -2.04.